The lowest BCUT2D eigenvalue weighted by atomic mass is 10.2. The van der Waals surface area contributed by atoms with Crippen LogP contribution in [0.15, 0.2) is 10.5 Å². The van der Waals surface area contributed by atoms with Crippen LogP contribution in [0.25, 0.3) is 6.08 Å². The SMILES string of the molecule is CCOC(=O)CCC/C=C/c1nn(C)c(CC)c1Br. The molecule has 0 bridgehead atoms. The third-order valence-corrected chi connectivity index (χ3v) is 3.66. The molecule has 0 aliphatic heterocycles. The second-order valence-electron chi connectivity index (χ2n) is 4.22. The van der Waals surface area contributed by atoms with E-state index in [1.54, 1.807) is 0 Å². The van der Waals surface area contributed by atoms with Crippen molar-refractivity contribution in [3.63, 3.8) is 0 Å². The Morgan fingerprint density at radius 3 is 2.79 bits per heavy atom. The van der Waals surface area contributed by atoms with Crippen LogP contribution in [0.5, 0.6) is 0 Å². The summed E-state index contributed by atoms with van der Waals surface area (Å²) in [4.78, 5) is 11.1. The Hall–Kier alpha value is -1.10. The first-order valence-electron chi connectivity index (χ1n) is 6.63. The van der Waals surface area contributed by atoms with Gasteiger partial charge in [-0.15, -0.1) is 0 Å². The Bertz CT molecular complexity index is 453. The van der Waals surface area contributed by atoms with Gasteiger partial charge in [-0.2, -0.15) is 5.10 Å². The minimum atomic E-state index is -0.122. The molecular weight excluding hydrogens is 308 g/mol. The smallest absolute Gasteiger partial charge is 0.305 e. The molecule has 1 rings (SSSR count). The van der Waals surface area contributed by atoms with Gasteiger partial charge in [-0.1, -0.05) is 13.0 Å². The van der Waals surface area contributed by atoms with Gasteiger partial charge in [-0.25, -0.2) is 0 Å². The van der Waals surface area contributed by atoms with Gasteiger partial charge >= 0.3 is 5.97 Å². The number of hydrogen-bond acceptors (Lipinski definition) is 3. The number of aromatic nitrogens is 2. The maximum absolute atomic E-state index is 11.1. The van der Waals surface area contributed by atoms with E-state index >= 15 is 0 Å². The topological polar surface area (TPSA) is 44.1 Å². The van der Waals surface area contributed by atoms with Gasteiger partial charge in [0.1, 0.15) is 0 Å². The number of halogens is 1. The molecule has 0 N–H and O–H groups in total. The summed E-state index contributed by atoms with van der Waals surface area (Å²) in [7, 11) is 1.95. The lowest BCUT2D eigenvalue weighted by Gasteiger charge is -1.98. The number of allylic oxidation sites excluding steroid dienone is 1. The maximum Gasteiger partial charge on any atom is 0.305 e. The molecular formula is C14H21BrN2O2. The van der Waals surface area contributed by atoms with E-state index in [2.05, 4.69) is 28.0 Å². The molecule has 0 unspecified atom stereocenters. The summed E-state index contributed by atoms with van der Waals surface area (Å²) in [5.74, 6) is -0.122. The van der Waals surface area contributed by atoms with E-state index in [4.69, 9.17) is 4.74 Å². The highest BCUT2D eigenvalue weighted by Gasteiger charge is 2.09. The highest BCUT2D eigenvalue weighted by atomic mass is 79.9. The van der Waals surface area contributed by atoms with Crippen molar-refractivity contribution in [2.75, 3.05) is 6.61 Å². The summed E-state index contributed by atoms with van der Waals surface area (Å²) in [5, 5.41) is 4.43. The largest absolute Gasteiger partial charge is 0.466 e. The zero-order valence-corrected chi connectivity index (χ0v) is 13.4. The van der Waals surface area contributed by atoms with Crippen molar-refractivity contribution in [3.05, 3.63) is 21.9 Å². The van der Waals surface area contributed by atoms with Crippen molar-refractivity contribution >= 4 is 28.0 Å². The molecule has 0 amide bonds. The molecule has 1 aromatic heterocycles. The molecule has 0 aliphatic rings. The molecule has 0 atom stereocenters. The quantitative estimate of drug-likeness (QED) is 0.568. The van der Waals surface area contributed by atoms with Crippen LogP contribution in [0.2, 0.25) is 0 Å². The molecule has 1 aromatic rings. The Balaban J connectivity index is 2.43. The van der Waals surface area contributed by atoms with E-state index in [1.807, 2.05) is 30.8 Å². The van der Waals surface area contributed by atoms with Crippen LogP contribution in [-0.2, 0) is 23.0 Å². The van der Waals surface area contributed by atoms with Crippen molar-refractivity contribution in [1.29, 1.82) is 0 Å². The first kappa shape index (κ1) is 16.0. The third-order valence-electron chi connectivity index (χ3n) is 2.79. The summed E-state index contributed by atoms with van der Waals surface area (Å²) in [6.07, 6.45) is 7.12. The Labute approximate surface area is 123 Å². The lowest BCUT2D eigenvalue weighted by molar-refractivity contribution is -0.143. The van der Waals surface area contributed by atoms with E-state index in [0.29, 0.717) is 13.0 Å². The summed E-state index contributed by atoms with van der Waals surface area (Å²) < 4.78 is 7.82. The number of rotatable bonds is 7. The minimum absolute atomic E-state index is 0.122. The van der Waals surface area contributed by atoms with Crippen LogP contribution in [0.4, 0.5) is 0 Å². The molecule has 0 radical (unpaired) electrons. The number of aryl methyl sites for hydroxylation is 1. The van der Waals surface area contributed by atoms with Gasteiger partial charge in [-0.05, 0) is 48.2 Å². The van der Waals surface area contributed by atoms with E-state index in [9.17, 15) is 4.79 Å². The number of carbonyl (C=O) groups is 1. The number of ether oxygens (including phenoxy) is 1. The first-order valence-corrected chi connectivity index (χ1v) is 7.42. The predicted molar refractivity (Wildman–Crippen MR) is 79.8 cm³/mol. The maximum atomic E-state index is 11.1. The minimum Gasteiger partial charge on any atom is -0.466 e. The Morgan fingerprint density at radius 1 is 1.47 bits per heavy atom. The standard InChI is InChI=1S/C14H21BrN2O2/c1-4-12-14(15)11(16-17(12)3)9-7-6-8-10-13(18)19-5-2/h7,9H,4-6,8,10H2,1-3H3/b9-7+. The number of esters is 1. The van der Waals surface area contributed by atoms with Crippen molar-refractivity contribution in [1.82, 2.24) is 9.78 Å². The molecule has 0 saturated carbocycles. The fourth-order valence-corrected chi connectivity index (χ4v) is 2.59. The fourth-order valence-electron chi connectivity index (χ4n) is 1.84. The molecule has 0 fully saturated rings. The molecule has 4 nitrogen and oxygen atoms in total. The van der Waals surface area contributed by atoms with Crippen molar-refractivity contribution < 1.29 is 9.53 Å². The molecule has 0 aromatic carbocycles. The van der Waals surface area contributed by atoms with Gasteiger partial charge in [0, 0.05) is 13.5 Å². The summed E-state index contributed by atoms with van der Waals surface area (Å²) in [6.45, 7) is 4.38. The van der Waals surface area contributed by atoms with Gasteiger partial charge in [0.2, 0.25) is 0 Å². The van der Waals surface area contributed by atoms with E-state index in [0.717, 1.165) is 29.4 Å². The van der Waals surface area contributed by atoms with Gasteiger partial charge in [0.05, 0.1) is 22.5 Å². The highest BCUT2D eigenvalue weighted by molar-refractivity contribution is 9.10. The lowest BCUT2D eigenvalue weighted by Crippen LogP contribution is -2.02. The molecule has 0 aliphatic carbocycles. The Morgan fingerprint density at radius 2 is 2.21 bits per heavy atom. The second kappa shape index (κ2) is 8.15. The van der Waals surface area contributed by atoms with Crippen LogP contribution in [0, 0.1) is 0 Å². The van der Waals surface area contributed by atoms with Crippen LogP contribution in [-0.4, -0.2) is 22.4 Å². The summed E-state index contributed by atoms with van der Waals surface area (Å²) in [6, 6.07) is 0. The molecule has 5 heteroatoms. The number of nitrogens with zero attached hydrogens (tertiary/aromatic N) is 2. The summed E-state index contributed by atoms with van der Waals surface area (Å²) >= 11 is 3.57. The average Bonchev–Trinajstić information content (AvgIpc) is 2.64. The van der Waals surface area contributed by atoms with Gasteiger partial charge in [0.25, 0.3) is 0 Å². The molecule has 0 saturated heterocycles. The summed E-state index contributed by atoms with van der Waals surface area (Å²) in [5.41, 5.74) is 2.13. The van der Waals surface area contributed by atoms with Crippen molar-refractivity contribution in [3.8, 4) is 0 Å². The zero-order valence-electron chi connectivity index (χ0n) is 11.8. The monoisotopic (exact) mass is 328 g/mol. The Kier molecular flexibility index (Phi) is 6.84. The molecule has 0 spiro atoms. The van der Waals surface area contributed by atoms with Gasteiger partial charge < -0.3 is 4.74 Å². The molecule has 1 heterocycles. The van der Waals surface area contributed by atoms with Crippen LogP contribution < -0.4 is 0 Å². The van der Waals surface area contributed by atoms with E-state index in [1.165, 1.54) is 5.69 Å². The second-order valence-corrected chi connectivity index (χ2v) is 5.02. The number of hydrogen-bond donors (Lipinski definition) is 0. The average molecular weight is 329 g/mol. The van der Waals surface area contributed by atoms with Crippen molar-refractivity contribution in [2.24, 2.45) is 7.05 Å². The van der Waals surface area contributed by atoms with Gasteiger partial charge in [0.15, 0.2) is 0 Å². The first-order chi connectivity index (χ1) is 9.10. The molecule has 19 heavy (non-hydrogen) atoms. The zero-order chi connectivity index (χ0) is 14.3. The number of unbranched alkanes of at least 4 members (excludes halogenated alkanes) is 1. The van der Waals surface area contributed by atoms with E-state index in [-0.39, 0.29) is 5.97 Å². The predicted octanol–water partition coefficient (Wildman–Crippen LogP) is 3.49. The van der Waals surface area contributed by atoms with Crippen molar-refractivity contribution in [2.45, 2.75) is 39.5 Å². The van der Waals surface area contributed by atoms with Crippen LogP contribution >= 0.6 is 15.9 Å². The third kappa shape index (κ3) is 4.82. The fraction of sp³-hybridized carbons (Fsp3) is 0.571. The van der Waals surface area contributed by atoms with Crippen LogP contribution in [0.3, 0.4) is 0 Å². The number of carbonyl (C=O) groups excluding carboxylic acids is 1. The van der Waals surface area contributed by atoms with E-state index < -0.39 is 0 Å². The van der Waals surface area contributed by atoms with Gasteiger partial charge in [-0.3, -0.25) is 9.48 Å². The van der Waals surface area contributed by atoms with Crippen LogP contribution in [0.1, 0.15) is 44.5 Å². The normalized spacial score (nSPS) is 11.2. The molecule has 106 valence electrons. The highest BCUT2D eigenvalue weighted by Crippen LogP contribution is 2.22.